The highest BCUT2D eigenvalue weighted by molar-refractivity contribution is 5.89. The Hall–Kier alpha value is -2.17. The summed E-state index contributed by atoms with van der Waals surface area (Å²) in [5.41, 5.74) is 0.562. The number of hydrogen-bond acceptors (Lipinski definition) is 3. The highest BCUT2D eigenvalue weighted by Crippen LogP contribution is 2.20. The van der Waals surface area contributed by atoms with Crippen molar-refractivity contribution < 1.29 is 18.7 Å². The third-order valence-corrected chi connectivity index (χ3v) is 3.82. The molecule has 1 aromatic rings. The monoisotopic (exact) mass is 319 g/mol. The molecule has 0 bridgehead atoms. The molecule has 2 atom stereocenters. The van der Waals surface area contributed by atoms with E-state index in [1.807, 2.05) is 0 Å². The first-order valence-corrected chi connectivity index (χ1v) is 7.82. The number of carbonyl (C=O) groups excluding carboxylic acids is 2. The lowest BCUT2D eigenvalue weighted by Gasteiger charge is -2.34. The predicted octanol–water partition coefficient (Wildman–Crippen LogP) is 2.89. The van der Waals surface area contributed by atoms with Gasteiger partial charge in [0.25, 0.3) is 5.91 Å². The molecule has 1 aliphatic heterocycles. The minimum Gasteiger partial charge on any atom is -0.452 e. The molecule has 1 saturated heterocycles. The van der Waals surface area contributed by atoms with Gasteiger partial charge in [0.05, 0.1) is 0 Å². The molecule has 1 fully saturated rings. The Morgan fingerprint density at radius 1 is 1.30 bits per heavy atom. The molecule has 0 aliphatic carbocycles. The maximum absolute atomic E-state index is 13.0. The average Bonchev–Trinajstić information content (AvgIpc) is 2.49. The van der Waals surface area contributed by atoms with Crippen molar-refractivity contribution in [1.29, 1.82) is 0 Å². The molecule has 0 aromatic heterocycles. The van der Waals surface area contributed by atoms with Crippen LogP contribution in [0.15, 0.2) is 30.3 Å². The van der Waals surface area contributed by atoms with Crippen LogP contribution in [0, 0.1) is 17.7 Å². The van der Waals surface area contributed by atoms with Gasteiger partial charge in [0.1, 0.15) is 5.82 Å². The van der Waals surface area contributed by atoms with Crippen LogP contribution in [0.4, 0.5) is 4.39 Å². The van der Waals surface area contributed by atoms with E-state index in [-0.39, 0.29) is 18.3 Å². The summed E-state index contributed by atoms with van der Waals surface area (Å²) in [5, 5.41) is 0. The van der Waals surface area contributed by atoms with Gasteiger partial charge in [0, 0.05) is 19.2 Å². The van der Waals surface area contributed by atoms with Crippen molar-refractivity contribution in [3.63, 3.8) is 0 Å². The molecule has 0 radical (unpaired) electrons. The smallest absolute Gasteiger partial charge is 0.331 e. The van der Waals surface area contributed by atoms with Gasteiger partial charge in [-0.3, -0.25) is 4.79 Å². The van der Waals surface area contributed by atoms with E-state index in [2.05, 4.69) is 13.8 Å². The number of nitrogens with zero attached hydrogens (tertiary/aromatic N) is 1. The normalized spacial score (nSPS) is 21.4. The van der Waals surface area contributed by atoms with Crippen LogP contribution in [-0.2, 0) is 14.3 Å². The first-order chi connectivity index (χ1) is 10.9. The number of ether oxygens (including phenoxy) is 1. The van der Waals surface area contributed by atoms with Crippen LogP contribution >= 0.6 is 0 Å². The number of esters is 1. The molecular weight excluding hydrogens is 297 g/mol. The van der Waals surface area contributed by atoms with Crippen molar-refractivity contribution in [3.8, 4) is 0 Å². The second-order valence-electron chi connectivity index (χ2n) is 6.24. The predicted molar refractivity (Wildman–Crippen MR) is 85.9 cm³/mol. The third-order valence-electron chi connectivity index (χ3n) is 3.82. The molecule has 0 spiro atoms. The van der Waals surface area contributed by atoms with E-state index in [0.717, 1.165) is 6.42 Å². The Kier molecular flexibility index (Phi) is 5.90. The van der Waals surface area contributed by atoms with Crippen molar-refractivity contribution in [2.75, 3.05) is 19.7 Å². The molecule has 2 rings (SSSR count). The maximum atomic E-state index is 13.0. The van der Waals surface area contributed by atoms with Crippen molar-refractivity contribution >= 4 is 18.0 Å². The van der Waals surface area contributed by atoms with Crippen molar-refractivity contribution in [3.05, 3.63) is 41.7 Å². The van der Waals surface area contributed by atoms with E-state index >= 15 is 0 Å². The number of likely N-dealkylation sites (tertiary alicyclic amines) is 1. The fourth-order valence-corrected chi connectivity index (χ4v) is 2.91. The van der Waals surface area contributed by atoms with E-state index in [4.69, 9.17) is 4.74 Å². The lowest BCUT2D eigenvalue weighted by atomic mass is 9.92. The zero-order valence-corrected chi connectivity index (χ0v) is 13.5. The molecule has 2 unspecified atom stereocenters. The second kappa shape index (κ2) is 7.90. The topological polar surface area (TPSA) is 46.6 Å². The summed E-state index contributed by atoms with van der Waals surface area (Å²) in [7, 11) is 0. The van der Waals surface area contributed by atoms with Gasteiger partial charge in [-0.05, 0) is 42.0 Å². The lowest BCUT2D eigenvalue weighted by Crippen LogP contribution is -2.44. The summed E-state index contributed by atoms with van der Waals surface area (Å²) in [5.74, 6) is -0.224. The van der Waals surface area contributed by atoms with Crippen LogP contribution in [0.1, 0.15) is 25.8 Å². The summed E-state index contributed by atoms with van der Waals surface area (Å²) in [6.07, 6.45) is 3.77. The second-order valence-corrected chi connectivity index (χ2v) is 6.24. The van der Waals surface area contributed by atoms with Gasteiger partial charge >= 0.3 is 5.97 Å². The summed E-state index contributed by atoms with van der Waals surface area (Å²) < 4.78 is 18.0. The molecule has 4 nitrogen and oxygen atoms in total. The van der Waals surface area contributed by atoms with E-state index in [1.165, 1.54) is 24.3 Å². The summed E-state index contributed by atoms with van der Waals surface area (Å²) in [4.78, 5) is 25.5. The summed E-state index contributed by atoms with van der Waals surface area (Å²) in [6.45, 7) is 5.39. The summed E-state index contributed by atoms with van der Waals surface area (Å²) >= 11 is 0. The van der Waals surface area contributed by atoms with Crippen molar-refractivity contribution in [2.45, 2.75) is 20.3 Å². The molecule has 1 amide bonds. The van der Waals surface area contributed by atoms with Gasteiger partial charge < -0.3 is 9.64 Å². The fraction of sp³-hybridized carbons (Fsp3) is 0.444. The Labute approximate surface area is 135 Å². The van der Waals surface area contributed by atoms with Gasteiger partial charge in [-0.2, -0.15) is 0 Å². The lowest BCUT2D eigenvalue weighted by molar-refractivity contribution is -0.149. The number of piperidine rings is 1. The van der Waals surface area contributed by atoms with E-state index in [0.29, 0.717) is 30.5 Å². The van der Waals surface area contributed by atoms with Crippen LogP contribution in [0.5, 0.6) is 0 Å². The molecule has 0 saturated carbocycles. The van der Waals surface area contributed by atoms with Crippen LogP contribution < -0.4 is 0 Å². The first-order valence-electron chi connectivity index (χ1n) is 7.82. The van der Waals surface area contributed by atoms with Gasteiger partial charge in [-0.15, -0.1) is 0 Å². The number of hydrogen-bond donors (Lipinski definition) is 0. The van der Waals surface area contributed by atoms with E-state index in [1.54, 1.807) is 17.0 Å². The van der Waals surface area contributed by atoms with Crippen LogP contribution in [0.25, 0.3) is 6.08 Å². The molecule has 5 heteroatoms. The Morgan fingerprint density at radius 2 is 2.00 bits per heavy atom. The fourth-order valence-electron chi connectivity index (χ4n) is 2.91. The highest BCUT2D eigenvalue weighted by atomic mass is 19.1. The van der Waals surface area contributed by atoms with Gasteiger partial charge in [-0.1, -0.05) is 26.0 Å². The zero-order chi connectivity index (χ0) is 16.8. The van der Waals surface area contributed by atoms with Crippen LogP contribution in [-0.4, -0.2) is 36.5 Å². The summed E-state index contributed by atoms with van der Waals surface area (Å²) in [6, 6.07) is 5.87. The molecule has 1 aromatic carbocycles. The van der Waals surface area contributed by atoms with Crippen LogP contribution in [0.3, 0.4) is 0 Å². The maximum Gasteiger partial charge on any atom is 0.331 e. The Bertz CT molecular complexity index is 590. The Morgan fingerprint density at radius 3 is 2.65 bits per heavy atom. The van der Waals surface area contributed by atoms with Gasteiger partial charge in [0.15, 0.2) is 6.61 Å². The molecule has 124 valence electrons. The molecule has 0 N–H and O–H groups in total. The van der Waals surface area contributed by atoms with Gasteiger partial charge in [0.2, 0.25) is 0 Å². The molecular formula is C18H22FNO3. The highest BCUT2D eigenvalue weighted by Gasteiger charge is 2.25. The van der Waals surface area contributed by atoms with Crippen LogP contribution in [0.2, 0.25) is 0 Å². The number of carbonyl (C=O) groups is 2. The number of rotatable bonds is 4. The number of benzene rings is 1. The number of halogens is 1. The van der Waals surface area contributed by atoms with Gasteiger partial charge in [-0.25, -0.2) is 9.18 Å². The molecule has 1 heterocycles. The van der Waals surface area contributed by atoms with E-state index in [9.17, 15) is 14.0 Å². The molecule has 23 heavy (non-hydrogen) atoms. The zero-order valence-electron chi connectivity index (χ0n) is 13.5. The number of amides is 1. The minimum atomic E-state index is -0.610. The van der Waals surface area contributed by atoms with Crippen molar-refractivity contribution in [2.24, 2.45) is 11.8 Å². The first kappa shape index (κ1) is 17.2. The third kappa shape index (κ3) is 5.51. The van der Waals surface area contributed by atoms with Crippen molar-refractivity contribution in [1.82, 2.24) is 4.90 Å². The minimum absolute atomic E-state index is 0.170. The largest absolute Gasteiger partial charge is 0.452 e. The Balaban J connectivity index is 1.80. The SMILES string of the molecule is CC1CC(C)CN(C(=O)COC(=O)C=Cc2cccc(F)c2)C1. The quantitative estimate of drug-likeness (QED) is 0.633. The molecule has 1 aliphatic rings. The standard InChI is InChI=1S/C18H22FNO3/c1-13-8-14(2)11-20(10-13)17(21)12-23-18(22)7-6-15-4-3-5-16(19)9-15/h3-7,9,13-14H,8,10-12H2,1-2H3. The van der Waals surface area contributed by atoms with E-state index < -0.39 is 5.97 Å². The average molecular weight is 319 g/mol.